The third-order valence-corrected chi connectivity index (χ3v) is 6.85. The standard InChI is InChI=1S/C33H36N4O8/c1-33(2,3)45-32(43)37-27(30(40)41)16-20-12-14-21(15-13-20)36-29(39)18-34-28(38)17-35-31(42)44-19-26-24-10-6-4-8-22(24)23-9-5-7-11-25(23)26/h4-15,26-27H,16-19H2,1-3H3,(H,34,38)(H,35,42)(H,36,39)(H,37,43)(H,40,41). The van der Waals surface area contributed by atoms with Gasteiger partial charge in [0.25, 0.3) is 0 Å². The number of carbonyl (C=O) groups excluding carboxylic acids is 4. The second-order valence-electron chi connectivity index (χ2n) is 11.4. The lowest BCUT2D eigenvalue weighted by Gasteiger charge is -2.22. The highest BCUT2D eigenvalue weighted by Crippen LogP contribution is 2.44. The van der Waals surface area contributed by atoms with E-state index in [0.29, 0.717) is 11.3 Å². The van der Waals surface area contributed by atoms with Crippen molar-refractivity contribution < 1.29 is 38.6 Å². The summed E-state index contributed by atoms with van der Waals surface area (Å²) >= 11 is 0. The summed E-state index contributed by atoms with van der Waals surface area (Å²) in [7, 11) is 0. The first-order chi connectivity index (χ1) is 21.4. The lowest BCUT2D eigenvalue weighted by atomic mass is 9.98. The molecule has 0 bridgehead atoms. The monoisotopic (exact) mass is 616 g/mol. The highest BCUT2D eigenvalue weighted by molar-refractivity contribution is 5.95. The first kappa shape index (κ1) is 32.5. The van der Waals surface area contributed by atoms with Crippen LogP contribution in [0.3, 0.4) is 0 Å². The van der Waals surface area contributed by atoms with E-state index in [1.165, 1.54) is 0 Å². The maximum atomic E-state index is 12.3. The van der Waals surface area contributed by atoms with Crippen LogP contribution in [0.1, 0.15) is 43.4 Å². The minimum atomic E-state index is -1.22. The number of carboxylic acid groups (broad SMARTS) is 1. The van der Waals surface area contributed by atoms with Gasteiger partial charge in [-0.25, -0.2) is 14.4 Å². The molecule has 0 heterocycles. The summed E-state index contributed by atoms with van der Waals surface area (Å²) in [6.07, 6.45) is -1.59. The molecule has 0 saturated heterocycles. The molecule has 1 aliphatic carbocycles. The predicted molar refractivity (Wildman–Crippen MR) is 166 cm³/mol. The number of aliphatic carboxylic acids is 1. The number of carboxylic acids is 1. The lowest BCUT2D eigenvalue weighted by Crippen LogP contribution is -2.44. The maximum absolute atomic E-state index is 12.3. The van der Waals surface area contributed by atoms with Gasteiger partial charge in [-0.3, -0.25) is 9.59 Å². The molecule has 236 valence electrons. The second-order valence-corrected chi connectivity index (χ2v) is 11.4. The van der Waals surface area contributed by atoms with E-state index < -0.39 is 41.6 Å². The van der Waals surface area contributed by atoms with E-state index in [9.17, 15) is 29.1 Å². The van der Waals surface area contributed by atoms with Crippen LogP contribution in [0.2, 0.25) is 0 Å². The molecule has 3 aromatic carbocycles. The van der Waals surface area contributed by atoms with Crippen molar-refractivity contribution in [3.63, 3.8) is 0 Å². The molecule has 1 unspecified atom stereocenters. The van der Waals surface area contributed by atoms with Crippen LogP contribution < -0.4 is 21.3 Å². The van der Waals surface area contributed by atoms with Crippen molar-refractivity contribution in [3.8, 4) is 11.1 Å². The van der Waals surface area contributed by atoms with Gasteiger partial charge in [-0.2, -0.15) is 0 Å². The number of anilines is 1. The molecule has 45 heavy (non-hydrogen) atoms. The van der Waals surface area contributed by atoms with Gasteiger partial charge in [0, 0.05) is 18.0 Å². The van der Waals surface area contributed by atoms with Gasteiger partial charge in [0.05, 0.1) is 6.54 Å². The van der Waals surface area contributed by atoms with Gasteiger partial charge in [0.2, 0.25) is 11.8 Å². The summed E-state index contributed by atoms with van der Waals surface area (Å²) in [5.41, 5.74) is 4.61. The van der Waals surface area contributed by atoms with Crippen LogP contribution in [0.25, 0.3) is 11.1 Å². The smallest absolute Gasteiger partial charge is 0.408 e. The highest BCUT2D eigenvalue weighted by atomic mass is 16.6. The Balaban J connectivity index is 1.17. The molecular weight excluding hydrogens is 580 g/mol. The van der Waals surface area contributed by atoms with Gasteiger partial charge in [-0.1, -0.05) is 60.7 Å². The quantitative estimate of drug-likeness (QED) is 0.216. The average Bonchev–Trinajstić information content (AvgIpc) is 3.31. The largest absolute Gasteiger partial charge is 0.480 e. The van der Waals surface area contributed by atoms with E-state index in [-0.39, 0.29) is 32.0 Å². The number of hydrogen-bond acceptors (Lipinski definition) is 7. The SMILES string of the molecule is CC(C)(C)OC(=O)NC(Cc1ccc(NC(=O)CNC(=O)CNC(=O)OCC2c3ccccc3-c3ccccc32)cc1)C(=O)O. The molecule has 1 atom stereocenters. The van der Waals surface area contributed by atoms with Gasteiger partial charge in [-0.15, -0.1) is 0 Å². The first-order valence-corrected chi connectivity index (χ1v) is 14.4. The zero-order chi connectivity index (χ0) is 32.6. The summed E-state index contributed by atoms with van der Waals surface area (Å²) in [4.78, 5) is 60.4. The van der Waals surface area contributed by atoms with Gasteiger partial charge in [0.1, 0.15) is 24.8 Å². The van der Waals surface area contributed by atoms with Crippen LogP contribution in [-0.2, 0) is 30.3 Å². The molecule has 12 heteroatoms. The lowest BCUT2D eigenvalue weighted by molar-refractivity contribution is -0.139. The zero-order valence-corrected chi connectivity index (χ0v) is 25.2. The fourth-order valence-corrected chi connectivity index (χ4v) is 4.86. The molecule has 1 aliphatic rings. The Morgan fingerprint density at radius 2 is 1.36 bits per heavy atom. The highest BCUT2D eigenvalue weighted by Gasteiger charge is 2.29. The molecule has 0 fully saturated rings. The Bertz CT molecular complexity index is 1520. The number of amides is 4. The van der Waals surface area contributed by atoms with E-state index >= 15 is 0 Å². The number of ether oxygens (including phenoxy) is 2. The number of alkyl carbamates (subject to hydrolysis) is 2. The summed E-state index contributed by atoms with van der Waals surface area (Å²) in [6, 6.07) is 21.1. The first-order valence-electron chi connectivity index (χ1n) is 14.4. The Morgan fingerprint density at radius 3 is 1.93 bits per heavy atom. The maximum Gasteiger partial charge on any atom is 0.408 e. The number of carbonyl (C=O) groups is 5. The normalized spacial score (nSPS) is 12.6. The van der Waals surface area contributed by atoms with E-state index in [1.54, 1.807) is 45.0 Å². The van der Waals surface area contributed by atoms with E-state index in [1.807, 2.05) is 48.5 Å². The molecule has 0 spiro atoms. The summed E-state index contributed by atoms with van der Waals surface area (Å²) < 4.78 is 10.5. The predicted octanol–water partition coefficient (Wildman–Crippen LogP) is 3.80. The van der Waals surface area contributed by atoms with Gasteiger partial charge >= 0.3 is 18.2 Å². The average molecular weight is 617 g/mol. The second kappa shape index (κ2) is 14.4. The fraction of sp³-hybridized carbons (Fsp3) is 0.303. The molecule has 4 rings (SSSR count). The van der Waals surface area contributed by atoms with Crippen LogP contribution in [0.4, 0.5) is 15.3 Å². The molecule has 0 radical (unpaired) electrons. The summed E-state index contributed by atoms with van der Waals surface area (Å²) in [6.45, 7) is 4.41. The van der Waals surface area contributed by atoms with Crippen LogP contribution in [0.15, 0.2) is 72.8 Å². The van der Waals surface area contributed by atoms with E-state index in [0.717, 1.165) is 22.3 Å². The molecule has 5 N–H and O–H groups in total. The number of benzene rings is 3. The van der Waals surface area contributed by atoms with Crippen molar-refractivity contribution in [1.82, 2.24) is 16.0 Å². The summed E-state index contributed by atoms with van der Waals surface area (Å²) in [5.74, 6) is -2.41. The molecule has 3 aromatic rings. The van der Waals surface area contributed by atoms with Crippen LogP contribution in [0, 0.1) is 0 Å². The summed E-state index contributed by atoms with van der Waals surface area (Å²) in [5, 5.41) is 19.3. The van der Waals surface area contributed by atoms with Crippen molar-refractivity contribution in [2.24, 2.45) is 0 Å². The molecule has 0 aliphatic heterocycles. The zero-order valence-electron chi connectivity index (χ0n) is 25.2. The van der Waals surface area contributed by atoms with Crippen molar-refractivity contribution >= 4 is 35.7 Å². The van der Waals surface area contributed by atoms with Gasteiger partial charge in [0.15, 0.2) is 0 Å². The van der Waals surface area contributed by atoms with Crippen molar-refractivity contribution in [2.45, 2.75) is 44.8 Å². The van der Waals surface area contributed by atoms with Crippen LogP contribution in [0.5, 0.6) is 0 Å². The number of fused-ring (bicyclic) bond motifs is 3. The van der Waals surface area contributed by atoms with Gasteiger partial charge < -0.3 is 35.8 Å². The van der Waals surface area contributed by atoms with Crippen LogP contribution >= 0.6 is 0 Å². The fourth-order valence-electron chi connectivity index (χ4n) is 4.86. The van der Waals surface area contributed by atoms with E-state index in [2.05, 4.69) is 21.3 Å². The third-order valence-electron chi connectivity index (χ3n) is 6.85. The molecular formula is C33H36N4O8. The minimum Gasteiger partial charge on any atom is -0.480 e. The molecule has 0 saturated carbocycles. The van der Waals surface area contributed by atoms with Gasteiger partial charge in [-0.05, 0) is 60.7 Å². The van der Waals surface area contributed by atoms with E-state index in [4.69, 9.17) is 9.47 Å². The van der Waals surface area contributed by atoms with Crippen molar-refractivity contribution in [2.75, 3.05) is 25.0 Å². The molecule has 0 aromatic heterocycles. The van der Waals surface area contributed by atoms with Crippen LogP contribution in [-0.4, -0.2) is 66.4 Å². The number of hydrogen-bond donors (Lipinski definition) is 5. The van der Waals surface area contributed by atoms with Crippen molar-refractivity contribution in [3.05, 3.63) is 89.5 Å². The molecule has 12 nitrogen and oxygen atoms in total. The van der Waals surface area contributed by atoms with Crippen molar-refractivity contribution in [1.29, 1.82) is 0 Å². The minimum absolute atomic E-state index is 0.00443. The Morgan fingerprint density at radius 1 is 0.778 bits per heavy atom. The number of nitrogens with one attached hydrogen (secondary N) is 4. The topological polar surface area (TPSA) is 172 Å². The number of rotatable bonds is 11. The third kappa shape index (κ3) is 9.30. The Labute approximate surface area is 260 Å². The Kier molecular flexibility index (Phi) is 10.4. The Hall–Kier alpha value is -5.39. The molecule has 4 amide bonds.